The van der Waals surface area contributed by atoms with Crippen LogP contribution in [-0.2, 0) is 0 Å². The summed E-state index contributed by atoms with van der Waals surface area (Å²) in [6.45, 7) is 2.00. The van der Waals surface area contributed by atoms with Gasteiger partial charge in [0.1, 0.15) is 0 Å². The summed E-state index contributed by atoms with van der Waals surface area (Å²) in [7, 11) is 0. The molecule has 0 aliphatic carbocycles. The lowest BCUT2D eigenvalue weighted by molar-refractivity contribution is 0.103. The fraction of sp³-hybridized carbons (Fsp3) is 0.0833. The second kappa shape index (κ2) is 4.29. The third kappa shape index (κ3) is 2.36. The summed E-state index contributed by atoms with van der Waals surface area (Å²) in [5, 5.41) is 1.90. The molecule has 0 unspecified atom stereocenters. The fourth-order valence-corrected chi connectivity index (χ4v) is 2.44. The maximum Gasteiger partial charge on any atom is 0.193 e. The molecule has 15 heavy (non-hydrogen) atoms. The van der Waals surface area contributed by atoms with Crippen LogP contribution in [-0.4, -0.2) is 5.78 Å². The molecule has 0 fully saturated rings. The van der Waals surface area contributed by atoms with Crippen molar-refractivity contribution >= 4 is 33.0 Å². The van der Waals surface area contributed by atoms with Gasteiger partial charge >= 0.3 is 0 Å². The van der Waals surface area contributed by atoms with Crippen LogP contribution in [0.2, 0.25) is 0 Å². The molecule has 1 aromatic heterocycles. The maximum atomic E-state index is 12.0. The Morgan fingerprint density at radius 3 is 2.67 bits per heavy atom. The lowest BCUT2D eigenvalue weighted by Gasteiger charge is -1.98. The highest BCUT2D eigenvalue weighted by Gasteiger charge is 2.10. The maximum absolute atomic E-state index is 12.0. The van der Waals surface area contributed by atoms with Crippen LogP contribution in [0.15, 0.2) is 40.2 Å². The summed E-state index contributed by atoms with van der Waals surface area (Å²) < 4.78 is 0.931. The van der Waals surface area contributed by atoms with Gasteiger partial charge in [-0.15, -0.1) is 11.3 Å². The average Bonchev–Trinajstić information content (AvgIpc) is 2.64. The molecule has 0 radical (unpaired) electrons. The number of carbonyl (C=O) groups excluding carboxylic acids is 1. The van der Waals surface area contributed by atoms with Crippen molar-refractivity contribution in [2.24, 2.45) is 0 Å². The van der Waals surface area contributed by atoms with Crippen molar-refractivity contribution in [3.05, 3.63) is 56.2 Å². The zero-order chi connectivity index (χ0) is 10.8. The second-order valence-corrected chi connectivity index (χ2v) is 5.32. The highest BCUT2D eigenvalue weighted by molar-refractivity contribution is 9.10. The molecule has 2 aromatic rings. The Labute approximate surface area is 101 Å². The van der Waals surface area contributed by atoms with Gasteiger partial charge in [-0.3, -0.25) is 4.79 Å². The van der Waals surface area contributed by atoms with Gasteiger partial charge in [0.2, 0.25) is 0 Å². The van der Waals surface area contributed by atoms with E-state index in [1.54, 1.807) is 11.3 Å². The summed E-state index contributed by atoms with van der Waals surface area (Å²) in [6, 6.07) is 9.38. The summed E-state index contributed by atoms with van der Waals surface area (Å²) >= 11 is 4.96. The van der Waals surface area contributed by atoms with E-state index in [0.29, 0.717) is 0 Å². The quantitative estimate of drug-likeness (QED) is 0.759. The van der Waals surface area contributed by atoms with Crippen molar-refractivity contribution in [2.45, 2.75) is 6.92 Å². The molecule has 2 rings (SSSR count). The summed E-state index contributed by atoms with van der Waals surface area (Å²) in [6.07, 6.45) is 0. The minimum Gasteiger partial charge on any atom is -0.289 e. The number of ketones is 1. The number of halogens is 1. The molecular formula is C12H9BrOS. The van der Waals surface area contributed by atoms with Crippen LogP contribution in [0.25, 0.3) is 0 Å². The average molecular weight is 281 g/mol. The Morgan fingerprint density at radius 1 is 1.27 bits per heavy atom. The number of rotatable bonds is 2. The Hall–Kier alpha value is -0.930. The van der Waals surface area contributed by atoms with Gasteiger partial charge in [-0.1, -0.05) is 28.1 Å². The number of hydrogen-bond acceptors (Lipinski definition) is 2. The normalized spacial score (nSPS) is 10.3. The van der Waals surface area contributed by atoms with E-state index >= 15 is 0 Å². The Balaban J connectivity index is 2.36. The third-order valence-corrected chi connectivity index (χ3v) is 3.43. The molecule has 0 aliphatic rings. The van der Waals surface area contributed by atoms with E-state index in [9.17, 15) is 4.79 Å². The van der Waals surface area contributed by atoms with E-state index in [-0.39, 0.29) is 5.78 Å². The van der Waals surface area contributed by atoms with Crippen LogP contribution in [0.1, 0.15) is 20.8 Å². The van der Waals surface area contributed by atoms with E-state index < -0.39 is 0 Å². The SMILES string of the molecule is Cc1cc(C(=O)c2cccc(Br)c2)cs1. The largest absolute Gasteiger partial charge is 0.289 e. The van der Waals surface area contributed by atoms with E-state index in [0.717, 1.165) is 20.5 Å². The Kier molecular flexibility index (Phi) is 3.03. The van der Waals surface area contributed by atoms with E-state index in [1.807, 2.05) is 42.6 Å². The topological polar surface area (TPSA) is 17.1 Å². The van der Waals surface area contributed by atoms with Crippen LogP contribution >= 0.6 is 27.3 Å². The van der Waals surface area contributed by atoms with Crippen molar-refractivity contribution in [3.63, 3.8) is 0 Å². The van der Waals surface area contributed by atoms with Crippen LogP contribution in [0, 0.1) is 6.92 Å². The molecule has 0 N–H and O–H groups in total. The lowest BCUT2D eigenvalue weighted by Crippen LogP contribution is -1.98. The van der Waals surface area contributed by atoms with E-state index in [1.165, 1.54) is 0 Å². The van der Waals surface area contributed by atoms with Gasteiger partial charge in [-0.2, -0.15) is 0 Å². The monoisotopic (exact) mass is 280 g/mol. The third-order valence-electron chi connectivity index (χ3n) is 2.08. The molecular weight excluding hydrogens is 272 g/mol. The number of thiophene rings is 1. The first-order valence-corrected chi connectivity index (χ1v) is 6.19. The van der Waals surface area contributed by atoms with Crippen LogP contribution in [0.3, 0.4) is 0 Å². The molecule has 3 heteroatoms. The van der Waals surface area contributed by atoms with Gasteiger partial charge < -0.3 is 0 Å². The first kappa shape index (κ1) is 10.6. The molecule has 1 nitrogen and oxygen atoms in total. The van der Waals surface area contributed by atoms with Crippen molar-refractivity contribution < 1.29 is 4.79 Å². The number of hydrogen-bond donors (Lipinski definition) is 0. The molecule has 1 aromatic carbocycles. The first-order valence-electron chi connectivity index (χ1n) is 4.52. The van der Waals surface area contributed by atoms with Crippen LogP contribution in [0.5, 0.6) is 0 Å². The Bertz CT molecular complexity index is 502. The predicted octanol–water partition coefficient (Wildman–Crippen LogP) is 4.05. The van der Waals surface area contributed by atoms with Crippen molar-refractivity contribution in [1.29, 1.82) is 0 Å². The summed E-state index contributed by atoms with van der Waals surface area (Å²) in [5.41, 5.74) is 1.50. The van der Waals surface area contributed by atoms with E-state index in [4.69, 9.17) is 0 Å². The van der Waals surface area contributed by atoms with Gasteiger partial charge in [0.25, 0.3) is 0 Å². The molecule has 0 atom stereocenters. The highest BCUT2D eigenvalue weighted by Crippen LogP contribution is 2.19. The van der Waals surface area contributed by atoms with Crippen LogP contribution < -0.4 is 0 Å². The molecule has 0 amide bonds. The van der Waals surface area contributed by atoms with Crippen molar-refractivity contribution in [2.75, 3.05) is 0 Å². The van der Waals surface area contributed by atoms with Gasteiger partial charge in [-0.25, -0.2) is 0 Å². The zero-order valence-electron chi connectivity index (χ0n) is 8.16. The Morgan fingerprint density at radius 2 is 2.07 bits per heavy atom. The predicted molar refractivity (Wildman–Crippen MR) is 66.6 cm³/mol. The lowest BCUT2D eigenvalue weighted by atomic mass is 10.1. The fourth-order valence-electron chi connectivity index (χ4n) is 1.36. The molecule has 0 spiro atoms. The van der Waals surface area contributed by atoms with Gasteiger partial charge in [-0.05, 0) is 25.1 Å². The number of carbonyl (C=O) groups is 1. The molecule has 1 heterocycles. The standard InChI is InChI=1S/C12H9BrOS/c1-8-5-10(7-15-8)12(14)9-3-2-4-11(13)6-9/h2-7H,1H3. The van der Waals surface area contributed by atoms with Gasteiger partial charge in [0.05, 0.1) is 0 Å². The summed E-state index contributed by atoms with van der Waals surface area (Å²) in [4.78, 5) is 13.2. The summed E-state index contributed by atoms with van der Waals surface area (Å²) in [5.74, 6) is 0.0839. The first-order chi connectivity index (χ1) is 7.16. The molecule has 0 saturated heterocycles. The smallest absolute Gasteiger partial charge is 0.193 e. The molecule has 76 valence electrons. The number of aryl methyl sites for hydroxylation is 1. The molecule has 0 aliphatic heterocycles. The second-order valence-electron chi connectivity index (χ2n) is 3.29. The zero-order valence-corrected chi connectivity index (χ0v) is 10.6. The van der Waals surface area contributed by atoms with Gasteiger partial charge in [0.15, 0.2) is 5.78 Å². The highest BCUT2D eigenvalue weighted by atomic mass is 79.9. The van der Waals surface area contributed by atoms with Crippen molar-refractivity contribution in [3.8, 4) is 0 Å². The molecule has 0 saturated carbocycles. The van der Waals surface area contributed by atoms with Crippen molar-refractivity contribution in [1.82, 2.24) is 0 Å². The van der Waals surface area contributed by atoms with Crippen LogP contribution in [0.4, 0.5) is 0 Å². The minimum atomic E-state index is 0.0839. The molecule has 0 bridgehead atoms. The van der Waals surface area contributed by atoms with E-state index in [2.05, 4.69) is 15.9 Å². The minimum absolute atomic E-state index is 0.0839. The number of benzene rings is 1. The van der Waals surface area contributed by atoms with Gasteiger partial charge in [0, 0.05) is 25.9 Å².